The zero-order chi connectivity index (χ0) is 8.53. The fraction of sp³-hybridized carbons (Fsp3) is 0.600. The van der Waals surface area contributed by atoms with Crippen molar-refractivity contribution in [2.75, 3.05) is 0 Å². The molecule has 0 aromatic rings. The molecule has 0 amide bonds. The van der Waals surface area contributed by atoms with Gasteiger partial charge in [-0.3, -0.25) is 0 Å². The molecule has 0 unspecified atom stereocenters. The van der Waals surface area contributed by atoms with E-state index in [1.807, 2.05) is 12.2 Å². The van der Waals surface area contributed by atoms with Crippen LogP contribution in [-0.4, -0.2) is 22.5 Å². The molecule has 0 saturated heterocycles. The molecule has 0 aliphatic heterocycles. The van der Waals surface area contributed by atoms with Gasteiger partial charge >= 0.3 is 83.9 Å². The van der Waals surface area contributed by atoms with Gasteiger partial charge in [0.2, 0.25) is 0 Å². The maximum atomic E-state index is 3.77. The van der Waals surface area contributed by atoms with Crippen LogP contribution in [0.25, 0.3) is 0 Å². The summed E-state index contributed by atoms with van der Waals surface area (Å²) in [7, 11) is 0. The SMILES string of the molecule is C=CCC(CC=C)CC[CH2][SnH3]. The average Bonchev–Trinajstić information content (AvgIpc) is 2.01. The van der Waals surface area contributed by atoms with Crippen molar-refractivity contribution < 1.29 is 0 Å². The zero-order valence-corrected chi connectivity index (χ0v) is 13.4. The van der Waals surface area contributed by atoms with E-state index in [1.165, 1.54) is 30.1 Å². The first-order valence-electron chi connectivity index (χ1n) is 4.56. The van der Waals surface area contributed by atoms with Crippen molar-refractivity contribution in [1.82, 2.24) is 0 Å². The predicted molar refractivity (Wildman–Crippen MR) is 57.1 cm³/mol. The maximum absolute atomic E-state index is 3.77. The van der Waals surface area contributed by atoms with Crippen molar-refractivity contribution in [2.24, 2.45) is 5.92 Å². The monoisotopic (exact) mass is 260 g/mol. The Bertz CT molecular complexity index is 97.4. The van der Waals surface area contributed by atoms with Crippen molar-refractivity contribution in [3.63, 3.8) is 0 Å². The fourth-order valence-corrected chi connectivity index (χ4v) is 2.46. The van der Waals surface area contributed by atoms with Gasteiger partial charge in [0, 0.05) is 0 Å². The molecule has 0 aliphatic rings. The minimum absolute atomic E-state index is 0.830. The van der Waals surface area contributed by atoms with Gasteiger partial charge in [-0.2, -0.15) is 0 Å². The molecule has 0 saturated carbocycles. The van der Waals surface area contributed by atoms with Gasteiger partial charge in [0.25, 0.3) is 0 Å². The van der Waals surface area contributed by atoms with E-state index in [4.69, 9.17) is 0 Å². The van der Waals surface area contributed by atoms with E-state index in [-0.39, 0.29) is 0 Å². The van der Waals surface area contributed by atoms with E-state index < -0.39 is 0 Å². The summed E-state index contributed by atoms with van der Waals surface area (Å²) >= 11 is 0.898. The van der Waals surface area contributed by atoms with Crippen LogP contribution < -0.4 is 0 Å². The molecule has 0 bridgehead atoms. The molecule has 0 heterocycles. The molecule has 0 radical (unpaired) electrons. The average molecular weight is 259 g/mol. The molecule has 0 spiro atoms. The third-order valence-electron chi connectivity index (χ3n) is 1.97. The van der Waals surface area contributed by atoms with Crippen LogP contribution in [0, 0.1) is 5.92 Å². The molecule has 0 aliphatic carbocycles. The second-order valence-corrected chi connectivity index (χ2v) is 5.91. The van der Waals surface area contributed by atoms with Crippen LogP contribution >= 0.6 is 0 Å². The van der Waals surface area contributed by atoms with E-state index in [0.717, 1.165) is 28.4 Å². The Morgan fingerprint density at radius 3 is 2.09 bits per heavy atom. The van der Waals surface area contributed by atoms with Crippen LogP contribution in [0.5, 0.6) is 0 Å². The Balaban J connectivity index is 3.49. The summed E-state index contributed by atoms with van der Waals surface area (Å²) in [6, 6.07) is 0. The van der Waals surface area contributed by atoms with E-state index in [2.05, 4.69) is 13.2 Å². The zero-order valence-electron chi connectivity index (χ0n) is 7.68. The third kappa shape index (κ3) is 6.67. The Morgan fingerprint density at radius 1 is 1.18 bits per heavy atom. The summed E-state index contributed by atoms with van der Waals surface area (Å²) in [5.74, 6) is 0.830. The first-order chi connectivity index (χ1) is 5.35. The van der Waals surface area contributed by atoms with Crippen molar-refractivity contribution in [1.29, 1.82) is 0 Å². The van der Waals surface area contributed by atoms with Gasteiger partial charge < -0.3 is 0 Å². The van der Waals surface area contributed by atoms with Crippen LogP contribution in [-0.2, 0) is 0 Å². The fourth-order valence-electron chi connectivity index (χ4n) is 1.30. The molecule has 0 aromatic heterocycles. The second kappa shape index (κ2) is 8.38. The molecule has 1 heteroatoms. The number of allylic oxidation sites excluding steroid dienone is 2. The van der Waals surface area contributed by atoms with E-state index >= 15 is 0 Å². The van der Waals surface area contributed by atoms with E-state index in [1.54, 1.807) is 0 Å². The van der Waals surface area contributed by atoms with E-state index in [9.17, 15) is 0 Å². The van der Waals surface area contributed by atoms with Gasteiger partial charge in [-0.05, 0) is 0 Å². The van der Waals surface area contributed by atoms with Gasteiger partial charge in [-0.1, -0.05) is 0 Å². The van der Waals surface area contributed by atoms with Crippen molar-refractivity contribution >= 4 is 22.5 Å². The van der Waals surface area contributed by atoms with Crippen molar-refractivity contribution in [3.05, 3.63) is 25.3 Å². The minimum atomic E-state index is 0.830. The van der Waals surface area contributed by atoms with Gasteiger partial charge in [-0.15, -0.1) is 0 Å². The molecular formula is C10H20Sn. The summed E-state index contributed by atoms with van der Waals surface area (Å²) in [5.41, 5.74) is 0. The molecule has 0 rings (SSSR count). The van der Waals surface area contributed by atoms with Crippen molar-refractivity contribution in [2.45, 2.75) is 30.1 Å². The van der Waals surface area contributed by atoms with Gasteiger partial charge in [0.1, 0.15) is 0 Å². The van der Waals surface area contributed by atoms with Gasteiger partial charge in [0.05, 0.1) is 0 Å². The Morgan fingerprint density at radius 2 is 1.73 bits per heavy atom. The molecule has 0 fully saturated rings. The molecule has 0 N–H and O–H groups in total. The van der Waals surface area contributed by atoms with E-state index in [0.29, 0.717) is 0 Å². The predicted octanol–water partition coefficient (Wildman–Crippen LogP) is 2.32. The molecule has 64 valence electrons. The second-order valence-electron chi connectivity index (χ2n) is 3.06. The summed E-state index contributed by atoms with van der Waals surface area (Å²) in [6.45, 7) is 7.54. The number of hydrogen-bond acceptors (Lipinski definition) is 0. The number of hydrogen-bond donors (Lipinski definition) is 0. The normalized spacial score (nSPS) is 10.3. The number of rotatable bonds is 7. The standard InChI is InChI=1S/C10H17.Sn.3H/c1-4-7-10(8-5-2)9-6-3;;;;/h4-5,10H,1-3,6-9H2;;;;. The van der Waals surface area contributed by atoms with Crippen LogP contribution in [0.3, 0.4) is 0 Å². The molecule has 11 heavy (non-hydrogen) atoms. The van der Waals surface area contributed by atoms with Crippen LogP contribution in [0.15, 0.2) is 25.3 Å². The Hall–Kier alpha value is 0.279. The first kappa shape index (κ1) is 11.3. The Labute approximate surface area is 83.9 Å². The first-order valence-corrected chi connectivity index (χ1v) is 8.60. The van der Waals surface area contributed by atoms with Crippen LogP contribution in [0.1, 0.15) is 25.7 Å². The molecular weight excluding hydrogens is 239 g/mol. The topological polar surface area (TPSA) is 0 Å². The van der Waals surface area contributed by atoms with Crippen molar-refractivity contribution in [3.8, 4) is 0 Å². The molecule has 0 nitrogen and oxygen atoms in total. The summed E-state index contributed by atoms with van der Waals surface area (Å²) in [4.78, 5) is 0. The summed E-state index contributed by atoms with van der Waals surface area (Å²) in [5, 5.41) is 0. The van der Waals surface area contributed by atoms with Crippen LogP contribution in [0.4, 0.5) is 0 Å². The molecule has 0 aromatic carbocycles. The summed E-state index contributed by atoms with van der Waals surface area (Å²) in [6.07, 6.45) is 9.22. The summed E-state index contributed by atoms with van der Waals surface area (Å²) < 4.78 is 1.51. The molecule has 0 atom stereocenters. The van der Waals surface area contributed by atoms with Gasteiger partial charge in [-0.25, -0.2) is 0 Å². The van der Waals surface area contributed by atoms with Gasteiger partial charge in [0.15, 0.2) is 0 Å². The Kier molecular flexibility index (Phi) is 8.59. The van der Waals surface area contributed by atoms with Crippen LogP contribution in [0.2, 0.25) is 4.44 Å². The quantitative estimate of drug-likeness (QED) is 0.486. The third-order valence-corrected chi connectivity index (χ3v) is 3.98.